The second-order valence-corrected chi connectivity index (χ2v) is 4.40. The Hall–Kier alpha value is -1.13. The smallest absolute Gasteiger partial charge is 0.231 e. The number of amides is 1. The molecule has 17 heavy (non-hydrogen) atoms. The molecule has 0 aliphatic heterocycles. The second kappa shape index (κ2) is 5.98. The molecule has 0 aromatic carbocycles. The molecule has 1 aromatic heterocycles. The summed E-state index contributed by atoms with van der Waals surface area (Å²) in [5.74, 6) is -0.0610. The predicted octanol–water partition coefficient (Wildman–Crippen LogP) is 2.44. The maximum atomic E-state index is 12.2. The highest BCUT2D eigenvalue weighted by Gasteiger charge is 2.33. The number of aromatic nitrogens is 1. The highest BCUT2D eigenvalue weighted by molar-refractivity contribution is 6.29. The Labute approximate surface area is 107 Å². The van der Waals surface area contributed by atoms with Crippen LogP contribution in [0.25, 0.3) is 0 Å². The lowest BCUT2D eigenvalue weighted by Gasteiger charge is -2.28. The first-order chi connectivity index (χ1) is 8.07. The molecule has 0 radical (unpaired) electrons. The van der Waals surface area contributed by atoms with Gasteiger partial charge in [0.05, 0.1) is 17.3 Å². The molecule has 0 aliphatic rings. The highest BCUT2D eigenvalue weighted by atomic mass is 35.5. The van der Waals surface area contributed by atoms with Gasteiger partial charge < -0.3 is 11.1 Å². The molecular formula is C12H18ClN3O. The van der Waals surface area contributed by atoms with Gasteiger partial charge in [-0.15, -0.1) is 0 Å². The van der Waals surface area contributed by atoms with Crippen molar-refractivity contribution in [2.45, 2.75) is 26.7 Å². The van der Waals surface area contributed by atoms with E-state index in [-0.39, 0.29) is 5.91 Å². The fourth-order valence-electron chi connectivity index (χ4n) is 1.67. The molecule has 0 fully saturated rings. The summed E-state index contributed by atoms with van der Waals surface area (Å²) in [6, 6.07) is 3.36. The summed E-state index contributed by atoms with van der Waals surface area (Å²) in [6.45, 7) is 4.28. The van der Waals surface area contributed by atoms with Gasteiger partial charge in [0.1, 0.15) is 5.15 Å². The number of nitrogens with zero attached hydrogens (tertiary/aromatic N) is 1. The van der Waals surface area contributed by atoms with Crippen LogP contribution in [-0.4, -0.2) is 17.4 Å². The normalized spacial score (nSPS) is 11.3. The molecule has 0 aliphatic carbocycles. The zero-order valence-corrected chi connectivity index (χ0v) is 10.9. The number of pyridine rings is 1. The number of nitrogens with one attached hydrogen (secondary N) is 1. The van der Waals surface area contributed by atoms with Crippen LogP contribution < -0.4 is 11.1 Å². The zero-order valence-electron chi connectivity index (χ0n) is 10.2. The van der Waals surface area contributed by atoms with Crippen molar-refractivity contribution in [3.05, 3.63) is 23.5 Å². The van der Waals surface area contributed by atoms with E-state index in [0.717, 1.165) is 0 Å². The molecule has 0 atom stereocenters. The number of rotatable bonds is 5. The number of carbonyl (C=O) groups is 1. The Morgan fingerprint density at radius 2 is 2.12 bits per heavy atom. The van der Waals surface area contributed by atoms with Crippen molar-refractivity contribution < 1.29 is 4.79 Å². The standard InChI is InChI=1S/C12H18ClN3O/c1-3-12(4-2,8-14)11(17)16-9-5-6-10(13)15-7-9/h5-7H,3-4,8,14H2,1-2H3,(H,16,17). The number of nitrogens with two attached hydrogens (primary N) is 1. The molecular weight excluding hydrogens is 238 g/mol. The van der Waals surface area contributed by atoms with Gasteiger partial charge in [-0.1, -0.05) is 25.4 Å². The molecule has 1 aromatic rings. The monoisotopic (exact) mass is 255 g/mol. The minimum Gasteiger partial charge on any atom is -0.329 e. The van der Waals surface area contributed by atoms with Gasteiger partial charge in [0.2, 0.25) is 5.91 Å². The largest absolute Gasteiger partial charge is 0.329 e. The van der Waals surface area contributed by atoms with Crippen LogP contribution in [0.3, 0.4) is 0 Å². The third-order valence-electron chi connectivity index (χ3n) is 3.21. The highest BCUT2D eigenvalue weighted by Crippen LogP contribution is 2.26. The van der Waals surface area contributed by atoms with Crippen LogP contribution in [0.15, 0.2) is 18.3 Å². The van der Waals surface area contributed by atoms with E-state index in [9.17, 15) is 4.79 Å². The van der Waals surface area contributed by atoms with E-state index in [1.54, 1.807) is 12.1 Å². The predicted molar refractivity (Wildman–Crippen MR) is 69.9 cm³/mol. The maximum Gasteiger partial charge on any atom is 0.231 e. The summed E-state index contributed by atoms with van der Waals surface area (Å²) in [6.07, 6.45) is 2.96. The van der Waals surface area contributed by atoms with Crippen LogP contribution in [0.1, 0.15) is 26.7 Å². The lowest BCUT2D eigenvalue weighted by atomic mass is 9.81. The van der Waals surface area contributed by atoms with Crippen molar-refractivity contribution in [1.29, 1.82) is 0 Å². The van der Waals surface area contributed by atoms with Crippen molar-refractivity contribution in [1.82, 2.24) is 4.98 Å². The van der Waals surface area contributed by atoms with E-state index in [2.05, 4.69) is 10.3 Å². The molecule has 3 N–H and O–H groups in total. The molecule has 0 unspecified atom stereocenters. The van der Waals surface area contributed by atoms with Crippen LogP contribution in [-0.2, 0) is 4.79 Å². The van der Waals surface area contributed by atoms with E-state index in [1.807, 2.05) is 13.8 Å². The summed E-state index contributed by atoms with van der Waals surface area (Å²) < 4.78 is 0. The number of carbonyl (C=O) groups excluding carboxylic acids is 1. The first-order valence-electron chi connectivity index (χ1n) is 5.71. The first kappa shape index (κ1) is 13.9. The lowest BCUT2D eigenvalue weighted by Crippen LogP contribution is -2.41. The van der Waals surface area contributed by atoms with Gasteiger partial charge in [0, 0.05) is 6.54 Å². The maximum absolute atomic E-state index is 12.2. The van der Waals surface area contributed by atoms with Gasteiger partial charge in [-0.2, -0.15) is 0 Å². The SMILES string of the molecule is CCC(CC)(CN)C(=O)Nc1ccc(Cl)nc1. The molecule has 0 saturated carbocycles. The van der Waals surface area contributed by atoms with Crippen LogP contribution in [0.5, 0.6) is 0 Å². The van der Waals surface area contributed by atoms with Crippen LogP contribution in [0.4, 0.5) is 5.69 Å². The first-order valence-corrected chi connectivity index (χ1v) is 6.09. The quantitative estimate of drug-likeness (QED) is 0.794. The fraction of sp³-hybridized carbons (Fsp3) is 0.500. The molecule has 1 amide bonds. The molecule has 1 rings (SSSR count). The summed E-state index contributed by atoms with van der Waals surface area (Å²) in [4.78, 5) is 16.1. The van der Waals surface area contributed by atoms with E-state index in [4.69, 9.17) is 17.3 Å². The summed E-state index contributed by atoms with van der Waals surface area (Å²) >= 11 is 5.68. The molecule has 0 saturated heterocycles. The van der Waals surface area contributed by atoms with Gasteiger partial charge in [0.15, 0.2) is 0 Å². The summed E-state index contributed by atoms with van der Waals surface area (Å²) in [5.41, 5.74) is 5.85. The molecule has 5 heteroatoms. The topological polar surface area (TPSA) is 68.0 Å². The van der Waals surface area contributed by atoms with Crippen molar-refractivity contribution in [3.63, 3.8) is 0 Å². The molecule has 0 spiro atoms. The number of hydrogen-bond donors (Lipinski definition) is 2. The Kier molecular flexibility index (Phi) is 4.90. The van der Waals surface area contributed by atoms with Crippen molar-refractivity contribution >= 4 is 23.2 Å². The van der Waals surface area contributed by atoms with Crippen LogP contribution in [0.2, 0.25) is 5.15 Å². The third kappa shape index (κ3) is 3.17. The van der Waals surface area contributed by atoms with Crippen molar-refractivity contribution in [2.24, 2.45) is 11.1 Å². The second-order valence-electron chi connectivity index (χ2n) is 4.02. The van der Waals surface area contributed by atoms with Gasteiger partial charge in [-0.25, -0.2) is 4.98 Å². The van der Waals surface area contributed by atoms with Crippen molar-refractivity contribution in [2.75, 3.05) is 11.9 Å². The summed E-state index contributed by atoms with van der Waals surface area (Å²) in [7, 11) is 0. The molecule has 94 valence electrons. The van der Waals surface area contributed by atoms with Gasteiger partial charge in [-0.3, -0.25) is 4.79 Å². The van der Waals surface area contributed by atoms with Crippen LogP contribution >= 0.6 is 11.6 Å². The summed E-state index contributed by atoms with van der Waals surface area (Å²) in [5, 5.41) is 3.22. The van der Waals surface area contributed by atoms with Gasteiger partial charge in [-0.05, 0) is 25.0 Å². The Morgan fingerprint density at radius 3 is 2.53 bits per heavy atom. The van der Waals surface area contributed by atoms with Gasteiger partial charge >= 0.3 is 0 Å². The molecule has 4 nitrogen and oxygen atoms in total. The average molecular weight is 256 g/mol. The van der Waals surface area contributed by atoms with Gasteiger partial charge in [0.25, 0.3) is 0 Å². The van der Waals surface area contributed by atoms with E-state index in [1.165, 1.54) is 6.20 Å². The number of hydrogen-bond acceptors (Lipinski definition) is 3. The minimum atomic E-state index is -0.500. The van der Waals surface area contributed by atoms with Crippen molar-refractivity contribution in [3.8, 4) is 0 Å². The molecule has 1 heterocycles. The Balaban J connectivity index is 2.80. The fourth-order valence-corrected chi connectivity index (χ4v) is 1.78. The van der Waals surface area contributed by atoms with E-state index >= 15 is 0 Å². The average Bonchev–Trinajstić information content (AvgIpc) is 2.35. The Bertz CT molecular complexity index is 366. The minimum absolute atomic E-state index is 0.0610. The number of anilines is 1. The lowest BCUT2D eigenvalue weighted by molar-refractivity contribution is -0.125. The van der Waals surface area contributed by atoms with E-state index < -0.39 is 5.41 Å². The zero-order chi connectivity index (χ0) is 12.9. The Morgan fingerprint density at radius 1 is 1.47 bits per heavy atom. The van der Waals surface area contributed by atoms with Crippen LogP contribution in [0, 0.1) is 5.41 Å². The molecule has 0 bridgehead atoms. The van der Waals surface area contributed by atoms with E-state index in [0.29, 0.717) is 30.2 Å². The third-order valence-corrected chi connectivity index (χ3v) is 3.43. The number of halogens is 1.